The summed E-state index contributed by atoms with van der Waals surface area (Å²) in [5.41, 5.74) is 7.29. The van der Waals surface area contributed by atoms with Crippen LogP contribution in [0.3, 0.4) is 0 Å². The highest BCUT2D eigenvalue weighted by Gasteiger charge is 2.32. The van der Waals surface area contributed by atoms with Crippen molar-refractivity contribution >= 4 is 23.4 Å². The number of hydrogen-bond acceptors (Lipinski definition) is 5. The first-order chi connectivity index (χ1) is 19.3. The number of aryl methyl sites for hydroxylation is 2. The Morgan fingerprint density at radius 2 is 1.88 bits per heavy atom. The van der Waals surface area contributed by atoms with Crippen molar-refractivity contribution in [3.8, 4) is 39.7 Å². The standard InChI is InChI=1S/C30H33N9O/c1-18-28(39(30(40)37(18)4)23-9-6-19(7-10-23)12-13-31)26-25(20-8-11-24-21(14-20)15-34-38(24)5)27(35-29(26)32-2)22-16-33-36(3)17-22/h8,11,14-17,19,23,35H,2,6-7,9-10,12H2,1,3-5H3/t19-,23+. The summed E-state index contributed by atoms with van der Waals surface area (Å²) in [4.78, 5) is 21.8. The number of aromatic nitrogens is 7. The van der Waals surface area contributed by atoms with Crippen LogP contribution in [0.2, 0.25) is 0 Å². The molecule has 0 unspecified atom stereocenters. The number of fused-ring (bicyclic) bond motifs is 1. The molecule has 1 aliphatic carbocycles. The van der Waals surface area contributed by atoms with Crippen molar-refractivity contribution in [1.82, 2.24) is 33.7 Å². The fourth-order valence-electron chi connectivity index (χ4n) is 6.32. The molecule has 40 heavy (non-hydrogen) atoms. The molecule has 4 heterocycles. The van der Waals surface area contributed by atoms with E-state index in [1.165, 1.54) is 0 Å². The SMILES string of the molecule is C=Nc1[nH]c(-c2cnn(C)c2)c(-c2ccc3c(cnn3C)c2)c1-c1c(C)n(C)c(=O)n1[C@H]1CC[C@@H](CC#N)CC1. The van der Waals surface area contributed by atoms with Crippen molar-refractivity contribution < 1.29 is 0 Å². The van der Waals surface area contributed by atoms with Crippen LogP contribution < -0.4 is 5.69 Å². The van der Waals surface area contributed by atoms with Gasteiger partial charge in [-0.15, -0.1) is 0 Å². The number of nitriles is 1. The number of benzene rings is 1. The topological polar surface area (TPSA) is 115 Å². The van der Waals surface area contributed by atoms with E-state index in [1.54, 1.807) is 9.25 Å². The third-order valence-corrected chi connectivity index (χ3v) is 8.54. The first kappa shape index (κ1) is 25.6. The molecule has 1 aromatic carbocycles. The molecule has 10 heteroatoms. The number of rotatable bonds is 6. The number of aromatic amines is 1. The average molecular weight is 536 g/mol. The van der Waals surface area contributed by atoms with E-state index in [4.69, 9.17) is 0 Å². The number of aliphatic imine (C=N–C) groups is 1. The number of nitrogens with one attached hydrogen (secondary N) is 1. The van der Waals surface area contributed by atoms with Crippen molar-refractivity contribution in [3.63, 3.8) is 0 Å². The fourth-order valence-corrected chi connectivity index (χ4v) is 6.32. The van der Waals surface area contributed by atoms with Crippen molar-refractivity contribution in [3.05, 3.63) is 53.0 Å². The lowest BCUT2D eigenvalue weighted by molar-refractivity contribution is 0.274. The van der Waals surface area contributed by atoms with Crippen LogP contribution in [0.5, 0.6) is 0 Å². The Kier molecular flexibility index (Phi) is 6.29. The summed E-state index contributed by atoms with van der Waals surface area (Å²) in [6.07, 6.45) is 9.82. The van der Waals surface area contributed by atoms with Gasteiger partial charge in [-0.3, -0.25) is 18.5 Å². The summed E-state index contributed by atoms with van der Waals surface area (Å²) in [5, 5.41) is 19.1. The maximum atomic E-state index is 13.8. The average Bonchev–Trinajstić information content (AvgIpc) is 3.71. The van der Waals surface area contributed by atoms with Gasteiger partial charge in [0.25, 0.3) is 0 Å². The molecule has 1 aliphatic rings. The van der Waals surface area contributed by atoms with E-state index in [0.717, 1.165) is 75.9 Å². The van der Waals surface area contributed by atoms with Gasteiger partial charge in [-0.1, -0.05) is 6.07 Å². The predicted molar refractivity (Wildman–Crippen MR) is 157 cm³/mol. The molecule has 1 N–H and O–H groups in total. The van der Waals surface area contributed by atoms with Gasteiger partial charge in [0, 0.05) is 62.0 Å². The van der Waals surface area contributed by atoms with Gasteiger partial charge in [-0.05, 0) is 62.9 Å². The molecule has 0 radical (unpaired) electrons. The normalized spacial score (nSPS) is 17.4. The van der Waals surface area contributed by atoms with Crippen LogP contribution >= 0.6 is 0 Å². The van der Waals surface area contributed by atoms with Crippen LogP contribution in [0.4, 0.5) is 5.82 Å². The van der Waals surface area contributed by atoms with Crippen molar-refractivity contribution in [2.75, 3.05) is 0 Å². The van der Waals surface area contributed by atoms with Crippen LogP contribution in [-0.2, 0) is 21.1 Å². The maximum Gasteiger partial charge on any atom is 0.328 e. The van der Waals surface area contributed by atoms with Crippen LogP contribution in [0.15, 0.2) is 46.6 Å². The lowest BCUT2D eigenvalue weighted by atomic mass is 9.84. The summed E-state index contributed by atoms with van der Waals surface area (Å²) in [6, 6.07) is 8.66. The zero-order valence-corrected chi connectivity index (χ0v) is 23.3. The summed E-state index contributed by atoms with van der Waals surface area (Å²) >= 11 is 0. The minimum atomic E-state index is -0.0379. The van der Waals surface area contributed by atoms with Crippen LogP contribution in [0.1, 0.15) is 43.8 Å². The number of hydrogen-bond donors (Lipinski definition) is 1. The Morgan fingerprint density at radius 3 is 2.55 bits per heavy atom. The molecular formula is C30H33N9O. The van der Waals surface area contributed by atoms with Crippen LogP contribution in [0.25, 0.3) is 44.5 Å². The zero-order valence-electron chi connectivity index (χ0n) is 23.3. The van der Waals surface area contributed by atoms with E-state index < -0.39 is 0 Å². The molecule has 0 bridgehead atoms. The molecule has 0 atom stereocenters. The Hall–Kier alpha value is -4.65. The highest BCUT2D eigenvalue weighted by atomic mass is 16.1. The molecule has 6 rings (SSSR count). The number of H-pyrrole nitrogens is 1. The monoisotopic (exact) mass is 535 g/mol. The molecule has 10 nitrogen and oxygen atoms in total. The minimum Gasteiger partial charge on any atom is -0.339 e. The van der Waals surface area contributed by atoms with E-state index >= 15 is 0 Å². The lowest BCUT2D eigenvalue weighted by Gasteiger charge is -2.29. The van der Waals surface area contributed by atoms with Crippen LogP contribution in [-0.4, -0.2) is 40.4 Å². The molecule has 4 aromatic heterocycles. The van der Waals surface area contributed by atoms with Gasteiger partial charge < -0.3 is 4.98 Å². The summed E-state index contributed by atoms with van der Waals surface area (Å²) in [7, 11) is 5.65. The highest BCUT2D eigenvalue weighted by Crippen LogP contribution is 2.48. The third kappa shape index (κ3) is 4.01. The van der Waals surface area contributed by atoms with Gasteiger partial charge >= 0.3 is 5.69 Å². The van der Waals surface area contributed by atoms with Crippen molar-refractivity contribution in [2.24, 2.45) is 32.1 Å². The largest absolute Gasteiger partial charge is 0.339 e. The number of imidazole rings is 1. The lowest BCUT2D eigenvalue weighted by Crippen LogP contribution is -2.29. The van der Waals surface area contributed by atoms with E-state index in [0.29, 0.717) is 18.2 Å². The van der Waals surface area contributed by atoms with Gasteiger partial charge in [0.15, 0.2) is 0 Å². The van der Waals surface area contributed by atoms with Crippen molar-refractivity contribution in [1.29, 1.82) is 5.26 Å². The van der Waals surface area contributed by atoms with Gasteiger partial charge in [-0.2, -0.15) is 15.5 Å². The van der Waals surface area contributed by atoms with E-state index in [9.17, 15) is 10.1 Å². The second kappa shape index (κ2) is 9.83. The first-order valence-corrected chi connectivity index (χ1v) is 13.6. The molecule has 0 amide bonds. The summed E-state index contributed by atoms with van der Waals surface area (Å²) in [5.74, 6) is 1.00. The summed E-state index contributed by atoms with van der Waals surface area (Å²) in [6.45, 7) is 5.90. The quantitative estimate of drug-likeness (QED) is 0.292. The fraction of sp³-hybridized carbons (Fsp3) is 0.367. The minimum absolute atomic E-state index is 0.0379. The van der Waals surface area contributed by atoms with Crippen LogP contribution in [0, 0.1) is 24.2 Å². The Bertz CT molecular complexity index is 1840. The molecule has 5 aromatic rings. The van der Waals surface area contributed by atoms with E-state index in [-0.39, 0.29) is 11.7 Å². The molecule has 0 aliphatic heterocycles. The van der Waals surface area contributed by atoms with Gasteiger partial charge in [0.1, 0.15) is 5.82 Å². The maximum absolute atomic E-state index is 13.8. The second-order valence-electron chi connectivity index (χ2n) is 10.9. The Balaban J connectivity index is 1.62. The highest BCUT2D eigenvalue weighted by molar-refractivity contribution is 6.00. The molecular weight excluding hydrogens is 502 g/mol. The predicted octanol–water partition coefficient (Wildman–Crippen LogP) is 5.42. The van der Waals surface area contributed by atoms with Gasteiger partial charge in [0.2, 0.25) is 0 Å². The van der Waals surface area contributed by atoms with E-state index in [1.807, 2.05) is 55.9 Å². The summed E-state index contributed by atoms with van der Waals surface area (Å²) < 4.78 is 7.33. The molecule has 0 saturated heterocycles. The Morgan fingerprint density at radius 1 is 1.10 bits per heavy atom. The molecule has 1 fully saturated rings. The van der Waals surface area contributed by atoms with Crippen molar-refractivity contribution in [2.45, 2.75) is 45.1 Å². The van der Waals surface area contributed by atoms with E-state index in [2.05, 4.69) is 51.2 Å². The molecule has 1 saturated carbocycles. The van der Waals surface area contributed by atoms with Gasteiger partial charge in [-0.25, -0.2) is 9.79 Å². The molecule has 0 spiro atoms. The zero-order chi connectivity index (χ0) is 28.1. The Labute approximate surface area is 232 Å². The molecule has 204 valence electrons. The number of nitrogens with zero attached hydrogens (tertiary/aromatic N) is 8. The second-order valence-corrected chi connectivity index (χ2v) is 10.9. The first-order valence-electron chi connectivity index (χ1n) is 13.6. The third-order valence-electron chi connectivity index (χ3n) is 8.54. The smallest absolute Gasteiger partial charge is 0.328 e. The van der Waals surface area contributed by atoms with Gasteiger partial charge in [0.05, 0.1) is 40.9 Å².